The van der Waals surface area contributed by atoms with Gasteiger partial charge >= 0.3 is 11.8 Å². The van der Waals surface area contributed by atoms with Gasteiger partial charge in [-0.15, -0.1) is 0 Å². The fourth-order valence-corrected chi connectivity index (χ4v) is 3.73. The van der Waals surface area contributed by atoms with Gasteiger partial charge in [0.25, 0.3) is 0 Å². The molecular formula is C22H28N6O2. The third-order valence-electron chi connectivity index (χ3n) is 5.51. The number of allylic oxidation sites excluding steroid dienone is 4. The molecule has 1 fully saturated rings. The van der Waals surface area contributed by atoms with Gasteiger partial charge in [0.2, 0.25) is 0 Å². The number of H-pyrrole nitrogens is 1. The number of hydrogen-bond acceptors (Lipinski definition) is 5. The van der Waals surface area contributed by atoms with Crippen molar-refractivity contribution in [2.45, 2.75) is 46.1 Å². The first kappa shape index (κ1) is 21.3. The number of rotatable bonds is 4. The summed E-state index contributed by atoms with van der Waals surface area (Å²) in [5.74, 6) is -0.753. The number of benzene rings is 1. The van der Waals surface area contributed by atoms with Crippen LogP contribution in [-0.2, 0) is 9.59 Å². The number of aromatic amines is 1. The normalized spacial score (nSPS) is 18.2. The number of nitrogens with zero attached hydrogens (tertiary/aromatic N) is 3. The van der Waals surface area contributed by atoms with E-state index in [4.69, 9.17) is 5.73 Å². The van der Waals surface area contributed by atoms with Gasteiger partial charge in [-0.3, -0.25) is 19.7 Å². The van der Waals surface area contributed by atoms with Crippen LogP contribution in [-0.4, -0.2) is 40.2 Å². The highest BCUT2D eigenvalue weighted by Crippen LogP contribution is 2.33. The molecule has 0 bridgehead atoms. The van der Waals surface area contributed by atoms with Crippen LogP contribution in [0.1, 0.15) is 51.6 Å². The Balaban J connectivity index is 1.80. The molecule has 1 atom stereocenters. The predicted molar refractivity (Wildman–Crippen MR) is 119 cm³/mol. The maximum atomic E-state index is 13.0. The molecule has 0 spiro atoms. The van der Waals surface area contributed by atoms with Gasteiger partial charge in [-0.05, 0) is 76.1 Å². The van der Waals surface area contributed by atoms with E-state index in [2.05, 4.69) is 27.2 Å². The molecule has 2 amide bonds. The lowest BCUT2D eigenvalue weighted by atomic mass is 9.94. The fourth-order valence-electron chi connectivity index (χ4n) is 3.73. The quantitative estimate of drug-likeness (QED) is 0.409. The zero-order valence-corrected chi connectivity index (χ0v) is 17.7. The van der Waals surface area contributed by atoms with Crippen LogP contribution >= 0.6 is 0 Å². The summed E-state index contributed by atoms with van der Waals surface area (Å²) in [6.45, 7) is 9.49. The van der Waals surface area contributed by atoms with Gasteiger partial charge in [-0.1, -0.05) is 6.07 Å². The molecule has 8 nitrogen and oxygen atoms in total. The molecule has 2 heterocycles. The Morgan fingerprint density at radius 2 is 2.10 bits per heavy atom. The van der Waals surface area contributed by atoms with E-state index in [0.29, 0.717) is 18.1 Å². The standard InChI is InChI=1S/C22H28N6O2/c1-13(15(3)24-4)11-14(2)25-21(29)22(30)28-10-6-5-7-19(28)16-8-9-18-17(12-16)20(23)27-26-18/h8-9,11-12,19H,4-7,10H2,1-3H3,(H,25,29)(H3,23,26,27)/b14-11+,15-13-/t19-/m0/s1. The molecule has 1 aromatic heterocycles. The smallest absolute Gasteiger partial charge is 0.313 e. The number of carbonyl (C=O) groups excluding carboxylic acids is 2. The van der Waals surface area contributed by atoms with E-state index in [0.717, 1.165) is 47.0 Å². The zero-order chi connectivity index (χ0) is 21.8. The number of anilines is 1. The Hall–Kier alpha value is -3.42. The van der Waals surface area contributed by atoms with Crippen LogP contribution in [0.2, 0.25) is 0 Å². The summed E-state index contributed by atoms with van der Waals surface area (Å²) < 4.78 is 0. The van der Waals surface area contributed by atoms with Crippen LogP contribution < -0.4 is 11.1 Å². The molecule has 4 N–H and O–H groups in total. The Labute approximate surface area is 175 Å². The molecule has 0 saturated carbocycles. The van der Waals surface area contributed by atoms with Gasteiger partial charge in [0.1, 0.15) is 0 Å². The lowest BCUT2D eigenvalue weighted by molar-refractivity contribution is -0.148. The Bertz CT molecular complexity index is 1050. The second kappa shape index (κ2) is 8.94. The number of aliphatic imine (C=N–C) groups is 1. The van der Waals surface area contributed by atoms with Crippen molar-refractivity contribution in [1.82, 2.24) is 20.4 Å². The molecule has 2 aromatic rings. The summed E-state index contributed by atoms with van der Waals surface area (Å²) in [6, 6.07) is 5.64. The Morgan fingerprint density at radius 1 is 1.33 bits per heavy atom. The second-order valence-corrected chi connectivity index (χ2v) is 7.63. The number of likely N-dealkylation sites (tertiary alicyclic amines) is 1. The van der Waals surface area contributed by atoms with Gasteiger partial charge in [0, 0.05) is 23.3 Å². The molecule has 1 aliphatic heterocycles. The average Bonchev–Trinajstić information content (AvgIpc) is 3.12. The molecule has 0 radical (unpaired) electrons. The molecule has 0 unspecified atom stereocenters. The average molecular weight is 409 g/mol. The van der Waals surface area contributed by atoms with E-state index in [1.54, 1.807) is 17.9 Å². The molecule has 1 aromatic carbocycles. The fraction of sp³-hybridized carbons (Fsp3) is 0.364. The van der Waals surface area contributed by atoms with E-state index in [1.165, 1.54) is 0 Å². The van der Waals surface area contributed by atoms with E-state index < -0.39 is 11.8 Å². The van der Waals surface area contributed by atoms with Crippen molar-refractivity contribution in [3.05, 3.63) is 46.8 Å². The molecule has 1 aliphatic rings. The number of aromatic nitrogens is 2. The van der Waals surface area contributed by atoms with E-state index in [9.17, 15) is 9.59 Å². The van der Waals surface area contributed by atoms with Crippen LogP contribution in [0.25, 0.3) is 10.9 Å². The van der Waals surface area contributed by atoms with Crippen molar-refractivity contribution in [2.75, 3.05) is 12.3 Å². The summed E-state index contributed by atoms with van der Waals surface area (Å²) in [6.07, 6.45) is 4.43. The molecule has 8 heteroatoms. The highest BCUT2D eigenvalue weighted by molar-refractivity contribution is 6.35. The van der Waals surface area contributed by atoms with Gasteiger partial charge < -0.3 is 16.0 Å². The number of carbonyl (C=O) groups is 2. The molecule has 3 rings (SSSR count). The van der Waals surface area contributed by atoms with Crippen LogP contribution in [0.3, 0.4) is 0 Å². The summed E-state index contributed by atoms with van der Waals surface area (Å²) >= 11 is 0. The minimum atomic E-state index is -0.642. The minimum Gasteiger partial charge on any atom is -0.382 e. The maximum absolute atomic E-state index is 13.0. The third kappa shape index (κ3) is 4.42. The van der Waals surface area contributed by atoms with Gasteiger partial charge in [-0.2, -0.15) is 5.10 Å². The van der Waals surface area contributed by atoms with E-state index in [1.807, 2.05) is 32.0 Å². The van der Waals surface area contributed by atoms with Gasteiger partial charge in [0.15, 0.2) is 5.82 Å². The minimum absolute atomic E-state index is 0.172. The summed E-state index contributed by atoms with van der Waals surface area (Å²) in [5, 5.41) is 10.4. The lowest BCUT2D eigenvalue weighted by Crippen LogP contribution is -2.46. The summed E-state index contributed by atoms with van der Waals surface area (Å²) in [4.78, 5) is 31.2. The summed E-state index contributed by atoms with van der Waals surface area (Å²) in [5.41, 5.74) is 9.95. The van der Waals surface area contributed by atoms with Crippen molar-refractivity contribution in [1.29, 1.82) is 0 Å². The van der Waals surface area contributed by atoms with E-state index in [-0.39, 0.29) is 6.04 Å². The number of nitrogen functional groups attached to an aromatic ring is 1. The number of fused-ring (bicyclic) bond motifs is 1. The molecule has 0 aliphatic carbocycles. The van der Waals surface area contributed by atoms with Gasteiger partial charge in [0.05, 0.1) is 11.6 Å². The largest absolute Gasteiger partial charge is 0.382 e. The van der Waals surface area contributed by atoms with E-state index >= 15 is 0 Å². The predicted octanol–water partition coefficient (Wildman–Crippen LogP) is 3.21. The molecule has 158 valence electrons. The van der Waals surface area contributed by atoms with Crippen molar-refractivity contribution < 1.29 is 9.59 Å². The number of nitrogens with one attached hydrogen (secondary N) is 2. The Morgan fingerprint density at radius 3 is 2.83 bits per heavy atom. The molecule has 30 heavy (non-hydrogen) atoms. The number of hydrogen-bond donors (Lipinski definition) is 3. The molecular weight excluding hydrogens is 380 g/mol. The second-order valence-electron chi connectivity index (χ2n) is 7.63. The van der Waals surface area contributed by atoms with Gasteiger partial charge in [-0.25, -0.2) is 0 Å². The topological polar surface area (TPSA) is 116 Å². The summed E-state index contributed by atoms with van der Waals surface area (Å²) in [7, 11) is 0. The number of piperidine rings is 1. The van der Waals surface area contributed by atoms with Crippen molar-refractivity contribution >= 4 is 35.3 Å². The van der Waals surface area contributed by atoms with Crippen molar-refractivity contribution in [2.24, 2.45) is 4.99 Å². The third-order valence-corrected chi connectivity index (χ3v) is 5.51. The highest BCUT2D eigenvalue weighted by Gasteiger charge is 2.32. The van der Waals surface area contributed by atoms with Crippen molar-refractivity contribution in [3.8, 4) is 0 Å². The number of nitrogens with two attached hydrogens (primary N) is 1. The number of amides is 2. The van der Waals surface area contributed by atoms with Crippen LogP contribution in [0.5, 0.6) is 0 Å². The SMILES string of the molecule is C=N/C(C)=C(C)\C=C(/C)NC(=O)C(=O)N1CCCC[C@H]1c1ccc2[nH]nc(N)c2c1. The first-order valence-electron chi connectivity index (χ1n) is 9.99. The Kier molecular flexibility index (Phi) is 6.34. The zero-order valence-electron chi connectivity index (χ0n) is 17.7. The first-order chi connectivity index (χ1) is 14.3. The highest BCUT2D eigenvalue weighted by atomic mass is 16.2. The lowest BCUT2D eigenvalue weighted by Gasteiger charge is -2.35. The first-order valence-corrected chi connectivity index (χ1v) is 9.99. The van der Waals surface area contributed by atoms with Crippen LogP contribution in [0, 0.1) is 0 Å². The molecule has 1 saturated heterocycles. The maximum Gasteiger partial charge on any atom is 0.313 e. The van der Waals surface area contributed by atoms with Crippen LogP contribution in [0.4, 0.5) is 5.82 Å². The van der Waals surface area contributed by atoms with Crippen molar-refractivity contribution in [3.63, 3.8) is 0 Å². The van der Waals surface area contributed by atoms with Crippen LogP contribution in [0.15, 0.2) is 46.2 Å². The monoisotopic (exact) mass is 408 g/mol.